The zero-order chi connectivity index (χ0) is 24.3. The minimum atomic E-state index is -3.72. The Labute approximate surface area is 208 Å². The number of rotatable bonds is 3. The lowest BCUT2D eigenvalue weighted by atomic mass is 10.2. The van der Waals surface area contributed by atoms with Crippen molar-refractivity contribution in [1.82, 2.24) is 4.57 Å². The fraction of sp³-hybridized carbons (Fsp3) is 0. The average Bonchev–Trinajstić information content (AvgIpc) is 3.40. The van der Waals surface area contributed by atoms with Crippen molar-refractivity contribution in [3.63, 3.8) is 0 Å². The van der Waals surface area contributed by atoms with Crippen LogP contribution in [0.5, 0.6) is 0 Å². The van der Waals surface area contributed by atoms with Gasteiger partial charge in [-0.15, -0.1) is 0 Å². The van der Waals surface area contributed by atoms with Crippen molar-refractivity contribution < 1.29 is 13.4 Å². The van der Waals surface area contributed by atoms with Crippen molar-refractivity contribution in [2.45, 2.75) is 0 Å². The Morgan fingerprint density at radius 2 is 1.00 bits per heavy atom. The molecule has 0 saturated carbocycles. The van der Waals surface area contributed by atoms with E-state index in [1.54, 1.807) is 24.3 Å². The molecule has 1 aromatic heterocycles. The van der Waals surface area contributed by atoms with Crippen LogP contribution in [0.15, 0.2) is 127 Å². The van der Waals surface area contributed by atoms with Crippen LogP contribution >= 0.6 is 14.7 Å². The summed E-state index contributed by atoms with van der Waals surface area (Å²) >= 11 is 0. The lowest BCUT2D eigenvalue weighted by molar-refractivity contribution is 0.489. The topological polar surface area (TPSA) is 48.3 Å². The van der Waals surface area contributed by atoms with Gasteiger partial charge < -0.3 is 4.57 Å². The van der Waals surface area contributed by atoms with Crippen LogP contribution in [0, 0.1) is 0 Å². The van der Waals surface area contributed by atoms with Gasteiger partial charge in [0.15, 0.2) is 0 Å². The fourth-order valence-electron chi connectivity index (χ4n) is 5.28. The summed E-state index contributed by atoms with van der Waals surface area (Å²) in [4.78, 5) is 0. The van der Waals surface area contributed by atoms with Gasteiger partial charge >= 0.3 is 0 Å². The fourth-order valence-corrected chi connectivity index (χ4v) is 12.0. The molecule has 0 spiro atoms. The lowest BCUT2D eigenvalue weighted by Gasteiger charge is -2.17. The Balaban J connectivity index is 1.63. The van der Waals surface area contributed by atoms with E-state index in [1.165, 1.54) is 0 Å². The minimum Gasteiger partial charge on any atom is -0.308 e. The second kappa shape index (κ2) is 7.91. The van der Waals surface area contributed by atoms with Crippen LogP contribution in [0.25, 0.3) is 27.5 Å². The van der Waals surface area contributed by atoms with Crippen molar-refractivity contribution >= 4 is 57.8 Å². The van der Waals surface area contributed by atoms with E-state index in [1.807, 2.05) is 78.9 Å². The highest BCUT2D eigenvalue weighted by molar-refractivity contribution is 7.91. The Kier molecular flexibility index (Phi) is 4.75. The SMILES string of the molecule is O=P1(c2ccccc2)OP(=O)(c2ccccc2)c2c(-n3c4ccccc4c4ccccc43)cccc21. The number of hydrogen-bond acceptors (Lipinski definition) is 3. The zero-order valence-corrected chi connectivity index (χ0v) is 21.0. The molecule has 7 rings (SSSR count). The van der Waals surface area contributed by atoms with Crippen molar-refractivity contribution in [1.29, 1.82) is 0 Å². The van der Waals surface area contributed by atoms with Crippen molar-refractivity contribution in [2.24, 2.45) is 0 Å². The molecule has 0 N–H and O–H groups in total. The highest BCUT2D eigenvalue weighted by Crippen LogP contribution is 2.67. The Hall–Kier alpha value is -3.68. The molecule has 2 atom stereocenters. The first-order valence-corrected chi connectivity index (χ1v) is 15.0. The maximum Gasteiger partial charge on any atom is 0.270 e. The largest absolute Gasteiger partial charge is 0.308 e. The van der Waals surface area contributed by atoms with Gasteiger partial charge in [-0.3, -0.25) is 13.4 Å². The third-order valence-corrected chi connectivity index (χ3v) is 12.9. The Morgan fingerprint density at radius 3 is 1.58 bits per heavy atom. The predicted octanol–water partition coefficient (Wildman–Crippen LogP) is 6.27. The molecule has 0 saturated heterocycles. The quantitative estimate of drug-likeness (QED) is 0.266. The van der Waals surface area contributed by atoms with Crippen LogP contribution in [-0.4, -0.2) is 4.57 Å². The van der Waals surface area contributed by atoms with E-state index < -0.39 is 14.7 Å². The molecule has 0 amide bonds. The highest BCUT2D eigenvalue weighted by atomic mass is 31.2. The number of benzene rings is 5. The highest BCUT2D eigenvalue weighted by Gasteiger charge is 2.52. The summed E-state index contributed by atoms with van der Waals surface area (Å²) in [6.07, 6.45) is 0. The number of hydrogen-bond donors (Lipinski definition) is 0. The first kappa shape index (κ1) is 21.6. The van der Waals surface area contributed by atoms with Gasteiger partial charge in [0.25, 0.3) is 14.7 Å². The Morgan fingerprint density at radius 1 is 0.500 bits per heavy atom. The van der Waals surface area contributed by atoms with Crippen LogP contribution in [0.4, 0.5) is 0 Å². The monoisotopic (exact) mass is 505 g/mol. The summed E-state index contributed by atoms with van der Waals surface area (Å²) in [5.41, 5.74) is 2.71. The molecular formula is C30H21NO3P2. The maximum atomic E-state index is 15.0. The van der Waals surface area contributed by atoms with E-state index in [2.05, 4.69) is 28.8 Å². The molecule has 1 aliphatic heterocycles. The number of para-hydroxylation sites is 2. The smallest absolute Gasteiger partial charge is 0.270 e. The third-order valence-electron chi connectivity index (χ3n) is 6.85. The number of nitrogens with zero attached hydrogens (tertiary/aromatic N) is 1. The van der Waals surface area contributed by atoms with Crippen LogP contribution in [0.3, 0.4) is 0 Å². The molecule has 2 heterocycles. The summed E-state index contributed by atoms with van der Waals surface area (Å²) in [6.45, 7) is 0. The predicted molar refractivity (Wildman–Crippen MR) is 148 cm³/mol. The van der Waals surface area contributed by atoms with Crippen LogP contribution < -0.4 is 21.2 Å². The molecule has 0 bridgehead atoms. The second-order valence-electron chi connectivity index (χ2n) is 8.87. The summed E-state index contributed by atoms with van der Waals surface area (Å²) in [6, 6.07) is 40.3. The number of aromatic nitrogens is 1. The minimum absolute atomic E-state index is 0.500. The van der Waals surface area contributed by atoms with Crippen molar-refractivity contribution in [3.05, 3.63) is 127 Å². The van der Waals surface area contributed by atoms with Gasteiger partial charge in [0.05, 0.1) is 27.3 Å². The van der Waals surface area contributed by atoms with E-state index in [4.69, 9.17) is 4.31 Å². The summed E-state index contributed by atoms with van der Waals surface area (Å²) < 4.78 is 38.1. The maximum absolute atomic E-state index is 15.0. The number of fused-ring (bicyclic) bond motifs is 4. The van der Waals surface area contributed by atoms with Crippen molar-refractivity contribution in [3.8, 4) is 5.69 Å². The molecule has 5 aromatic carbocycles. The average molecular weight is 505 g/mol. The van der Waals surface area contributed by atoms with E-state index in [0.29, 0.717) is 21.2 Å². The standard InChI is InChI=1S/C30H21NO3P2/c32-35(22-12-3-1-4-13-22)29-21-11-20-28(30(29)36(33,34-35)23-14-5-2-6-15-23)31-26-18-9-7-16-24(26)25-17-8-10-19-27(25)31/h1-21H. The van der Waals surface area contributed by atoms with Gasteiger partial charge in [-0.2, -0.15) is 0 Å². The summed E-state index contributed by atoms with van der Waals surface area (Å²) in [5, 5.41) is 4.29. The molecular weight excluding hydrogens is 484 g/mol. The Bertz CT molecular complexity index is 1820. The third kappa shape index (κ3) is 2.93. The zero-order valence-electron chi connectivity index (χ0n) is 19.2. The first-order chi connectivity index (χ1) is 17.6. The molecule has 6 heteroatoms. The second-order valence-corrected chi connectivity index (χ2v) is 13.7. The molecule has 2 unspecified atom stereocenters. The first-order valence-electron chi connectivity index (χ1n) is 11.8. The van der Waals surface area contributed by atoms with Gasteiger partial charge in [0, 0.05) is 21.4 Å². The molecule has 174 valence electrons. The van der Waals surface area contributed by atoms with Gasteiger partial charge in [-0.25, -0.2) is 0 Å². The molecule has 6 aromatic rings. The van der Waals surface area contributed by atoms with E-state index in [9.17, 15) is 4.57 Å². The summed E-state index contributed by atoms with van der Waals surface area (Å²) in [7, 11) is -7.34. The molecule has 0 radical (unpaired) electrons. The van der Waals surface area contributed by atoms with Crippen LogP contribution in [0.1, 0.15) is 0 Å². The van der Waals surface area contributed by atoms with Crippen molar-refractivity contribution in [2.75, 3.05) is 0 Å². The summed E-state index contributed by atoms with van der Waals surface area (Å²) in [5.74, 6) is 0. The lowest BCUT2D eigenvalue weighted by Crippen LogP contribution is -2.27. The van der Waals surface area contributed by atoms with Gasteiger partial charge in [0.1, 0.15) is 0 Å². The molecule has 4 nitrogen and oxygen atoms in total. The van der Waals surface area contributed by atoms with Gasteiger partial charge in [-0.1, -0.05) is 78.9 Å². The molecule has 36 heavy (non-hydrogen) atoms. The van der Waals surface area contributed by atoms with E-state index >= 15 is 4.57 Å². The van der Waals surface area contributed by atoms with E-state index in [-0.39, 0.29) is 0 Å². The van der Waals surface area contributed by atoms with Gasteiger partial charge in [-0.05, 0) is 48.5 Å². The van der Waals surface area contributed by atoms with Gasteiger partial charge in [0.2, 0.25) is 0 Å². The molecule has 1 aliphatic rings. The molecule has 0 aliphatic carbocycles. The van der Waals surface area contributed by atoms with Crippen LogP contribution in [0.2, 0.25) is 0 Å². The van der Waals surface area contributed by atoms with E-state index in [0.717, 1.165) is 27.5 Å². The van der Waals surface area contributed by atoms with Crippen LogP contribution in [-0.2, 0) is 13.4 Å². The molecule has 0 fully saturated rings. The normalized spacial score (nSPS) is 21.1.